The van der Waals surface area contributed by atoms with Gasteiger partial charge in [-0.15, -0.1) is 0 Å². The zero-order valence-corrected chi connectivity index (χ0v) is 12.6. The van der Waals surface area contributed by atoms with Crippen molar-refractivity contribution < 1.29 is 4.74 Å². The Hall–Kier alpha value is 0.270. The fourth-order valence-electron chi connectivity index (χ4n) is 3.16. The van der Waals surface area contributed by atoms with Crippen LogP contribution in [0.15, 0.2) is 0 Å². The predicted molar refractivity (Wildman–Crippen MR) is 78.0 cm³/mol. The summed E-state index contributed by atoms with van der Waals surface area (Å²) in [4.78, 5) is 2.58. The Morgan fingerprint density at radius 3 is 2.35 bits per heavy atom. The molecule has 0 amide bonds. The van der Waals surface area contributed by atoms with E-state index in [2.05, 4.69) is 31.4 Å². The molecule has 1 saturated heterocycles. The zero-order chi connectivity index (χ0) is 12.7. The zero-order valence-electron chi connectivity index (χ0n) is 11.7. The molecule has 0 saturated carbocycles. The average molecular weight is 259 g/mol. The molecule has 0 aromatic rings. The second kappa shape index (κ2) is 7.65. The molecular formula is C14H29NOS. The number of methoxy groups -OCH3 is 1. The Morgan fingerprint density at radius 1 is 1.29 bits per heavy atom. The van der Waals surface area contributed by atoms with Crippen LogP contribution < -0.4 is 0 Å². The highest BCUT2D eigenvalue weighted by molar-refractivity contribution is 7.80. The molecule has 0 radical (unpaired) electrons. The van der Waals surface area contributed by atoms with Crippen LogP contribution in [-0.2, 0) is 4.74 Å². The maximum absolute atomic E-state index is 5.45. The van der Waals surface area contributed by atoms with E-state index in [-0.39, 0.29) is 0 Å². The summed E-state index contributed by atoms with van der Waals surface area (Å²) in [6.45, 7) is 8.09. The van der Waals surface area contributed by atoms with Crippen LogP contribution in [0, 0.1) is 5.41 Å². The summed E-state index contributed by atoms with van der Waals surface area (Å²) in [6, 6.07) is 0. The second-order valence-corrected chi connectivity index (χ2v) is 5.86. The van der Waals surface area contributed by atoms with Crippen LogP contribution in [0.25, 0.3) is 0 Å². The SMILES string of the molecule is CCCC(CS)(CCC)CN1CCC(OC)C1. The van der Waals surface area contributed by atoms with Gasteiger partial charge in [0.05, 0.1) is 6.10 Å². The normalized spacial score (nSPS) is 22.2. The van der Waals surface area contributed by atoms with Crippen LogP contribution in [0.4, 0.5) is 0 Å². The summed E-state index contributed by atoms with van der Waals surface area (Å²) < 4.78 is 5.45. The third kappa shape index (κ3) is 4.46. The van der Waals surface area contributed by atoms with Crippen LogP contribution in [0.2, 0.25) is 0 Å². The van der Waals surface area contributed by atoms with E-state index in [4.69, 9.17) is 4.74 Å². The van der Waals surface area contributed by atoms with Crippen LogP contribution in [0.3, 0.4) is 0 Å². The van der Waals surface area contributed by atoms with E-state index in [9.17, 15) is 0 Å². The van der Waals surface area contributed by atoms with E-state index < -0.39 is 0 Å². The second-order valence-electron chi connectivity index (χ2n) is 5.54. The average Bonchev–Trinajstić information content (AvgIpc) is 2.77. The van der Waals surface area contributed by atoms with Gasteiger partial charge in [0.15, 0.2) is 0 Å². The molecule has 0 aromatic heterocycles. The first kappa shape index (κ1) is 15.3. The fourth-order valence-corrected chi connectivity index (χ4v) is 3.58. The highest BCUT2D eigenvalue weighted by Gasteiger charge is 2.32. The highest BCUT2D eigenvalue weighted by Crippen LogP contribution is 2.33. The number of ether oxygens (including phenoxy) is 1. The van der Waals surface area contributed by atoms with Crippen LogP contribution in [0.1, 0.15) is 46.0 Å². The van der Waals surface area contributed by atoms with Gasteiger partial charge in [-0.25, -0.2) is 0 Å². The molecular weight excluding hydrogens is 230 g/mol. The van der Waals surface area contributed by atoms with E-state index in [0.717, 1.165) is 12.3 Å². The summed E-state index contributed by atoms with van der Waals surface area (Å²) in [5.74, 6) is 1.02. The van der Waals surface area contributed by atoms with Crippen molar-refractivity contribution in [1.29, 1.82) is 0 Å². The lowest BCUT2D eigenvalue weighted by molar-refractivity contribution is 0.0966. The summed E-state index contributed by atoms with van der Waals surface area (Å²) in [5, 5.41) is 0. The van der Waals surface area contributed by atoms with Gasteiger partial charge in [-0.1, -0.05) is 26.7 Å². The Balaban J connectivity index is 2.53. The van der Waals surface area contributed by atoms with Crippen molar-refractivity contribution >= 4 is 12.6 Å². The lowest BCUT2D eigenvalue weighted by Crippen LogP contribution is -2.38. The van der Waals surface area contributed by atoms with Crippen molar-refractivity contribution in [3.63, 3.8) is 0 Å². The van der Waals surface area contributed by atoms with Gasteiger partial charge in [0.1, 0.15) is 0 Å². The molecule has 0 spiro atoms. The first-order valence-electron chi connectivity index (χ1n) is 7.05. The van der Waals surface area contributed by atoms with Crippen molar-refractivity contribution in [2.24, 2.45) is 5.41 Å². The molecule has 0 aliphatic carbocycles. The number of nitrogens with zero attached hydrogens (tertiary/aromatic N) is 1. The molecule has 0 aromatic carbocycles. The van der Waals surface area contributed by atoms with Gasteiger partial charge in [-0.2, -0.15) is 12.6 Å². The van der Waals surface area contributed by atoms with Crippen molar-refractivity contribution in [1.82, 2.24) is 4.90 Å². The van der Waals surface area contributed by atoms with Crippen molar-refractivity contribution in [3.05, 3.63) is 0 Å². The summed E-state index contributed by atoms with van der Waals surface area (Å²) >= 11 is 4.63. The van der Waals surface area contributed by atoms with Crippen LogP contribution in [-0.4, -0.2) is 43.5 Å². The lowest BCUT2D eigenvalue weighted by Gasteiger charge is -2.36. The van der Waals surface area contributed by atoms with Gasteiger partial charge < -0.3 is 9.64 Å². The van der Waals surface area contributed by atoms with Gasteiger partial charge >= 0.3 is 0 Å². The standard InChI is InChI=1S/C14H29NOS/c1-4-7-14(12-17,8-5-2)11-15-9-6-13(10-15)16-3/h13,17H,4-12H2,1-3H3. The molecule has 3 heteroatoms. The fraction of sp³-hybridized carbons (Fsp3) is 1.00. The molecule has 1 fully saturated rings. The summed E-state index contributed by atoms with van der Waals surface area (Å²) in [7, 11) is 1.83. The number of hydrogen-bond acceptors (Lipinski definition) is 3. The van der Waals surface area contributed by atoms with Crippen molar-refractivity contribution in [3.8, 4) is 0 Å². The first-order chi connectivity index (χ1) is 8.19. The minimum Gasteiger partial charge on any atom is -0.380 e. The van der Waals surface area contributed by atoms with E-state index in [0.29, 0.717) is 11.5 Å². The molecule has 1 atom stereocenters. The van der Waals surface area contributed by atoms with E-state index in [1.165, 1.54) is 45.2 Å². The molecule has 0 bridgehead atoms. The van der Waals surface area contributed by atoms with Gasteiger partial charge in [-0.05, 0) is 30.4 Å². The Labute approximate surface area is 113 Å². The van der Waals surface area contributed by atoms with E-state index in [1.807, 2.05) is 7.11 Å². The third-order valence-corrected chi connectivity index (χ3v) is 4.69. The molecule has 2 nitrogen and oxygen atoms in total. The monoisotopic (exact) mass is 259 g/mol. The van der Waals surface area contributed by atoms with Gasteiger partial charge in [0.2, 0.25) is 0 Å². The smallest absolute Gasteiger partial charge is 0.0710 e. The van der Waals surface area contributed by atoms with Crippen molar-refractivity contribution in [2.75, 3.05) is 32.5 Å². The van der Waals surface area contributed by atoms with Gasteiger partial charge in [-0.3, -0.25) is 0 Å². The first-order valence-corrected chi connectivity index (χ1v) is 7.69. The van der Waals surface area contributed by atoms with Gasteiger partial charge in [0, 0.05) is 26.7 Å². The Kier molecular flexibility index (Phi) is 6.90. The summed E-state index contributed by atoms with van der Waals surface area (Å²) in [6.07, 6.45) is 6.79. The van der Waals surface area contributed by atoms with Crippen molar-refractivity contribution in [2.45, 2.75) is 52.1 Å². The minimum atomic E-state index is 0.426. The largest absolute Gasteiger partial charge is 0.380 e. The predicted octanol–water partition coefficient (Wildman–Crippen LogP) is 3.22. The molecule has 1 unspecified atom stereocenters. The Bertz CT molecular complexity index is 204. The Morgan fingerprint density at radius 2 is 1.94 bits per heavy atom. The summed E-state index contributed by atoms with van der Waals surface area (Å²) in [5.41, 5.74) is 0.426. The molecule has 102 valence electrons. The van der Waals surface area contributed by atoms with E-state index in [1.54, 1.807) is 0 Å². The molecule has 1 aliphatic heterocycles. The maximum atomic E-state index is 5.45. The molecule has 17 heavy (non-hydrogen) atoms. The lowest BCUT2D eigenvalue weighted by atomic mass is 9.80. The third-order valence-electron chi connectivity index (χ3n) is 4.02. The number of rotatable bonds is 8. The maximum Gasteiger partial charge on any atom is 0.0710 e. The number of thiol groups is 1. The number of hydrogen-bond donors (Lipinski definition) is 1. The van der Waals surface area contributed by atoms with Crippen LogP contribution in [0.5, 0.6) is 0 Å². The highest BCUT2D eigenvalue weighted by atomic mass is 32.1. The van der Waals surface area contributed by atoms with E-state index >= 15 is 0 Å². The molecule has 1 aliphatic rings. The van der Waals surface area contributed by atoms with Gasteiger partial charge in [0.25, 0.3) is 0 Å². The molecule has 1 rings (SSSR count). The molecule has 0 N–H and O–H groups in total. The quantitative estimate of drug-likeness (QED) is 0.672. The molecule has 1 heterocycles. The number of likely N-dealkylation sites (tertiary alicyclic amines) is 1. The topological polar surface area (TPSA) is 12.5 Å². The van der Waals surface area contributed by atoms with Crippen LogP contribution >= 0.6 is 12.6 Å². The minimum absolute atomic E-state index is 0.426.